The van der Waals surface area contributed by atoms with E-state index in [-0.39, 0.29) is 27.0 Å². The molecule has 2 rings (SSSR count). The first-order valence-electron chi connectivity index (χ1n) is 8.87. The van der Waals surface area contributed by atoms with E-state index in [1.165, 1.54) is 6.08 Å². The number of nitro groups is 1. The Labute approximate surface area is 196 Å². The third-order valence-electron chi connectivity index (χ3n) is 3.77. The number of nitrogens with one attached hydrogen (secondary N) is 1. The van der Waals surface area contributed by atoms with E-state index in [9.17, 15) is 20.2 Å². The molecule has 0 saturated carbocycles. The second-order valence-electron chi connectivity index (χ2n) is 5.86. The molecule has 1 N–H and O–H groups in total. The zero-order chi connectivity index (χ0) is 23.1. The molecule has 0 aliphatic heterocycles. The molecule has 0 aromatic heterocycles. The van der Waals surface area contributed by atoms with Crippen LogP contribution in [-0.4, -0.2) is 24.0 Å². The lowest BCUT2D eigenvalue weighted by Gasteiger charge is -2.14. The van der Waals surface area contributed by atoms with Gasteiger partial charge in [0.15, 0.2) is 11.5 Å². The number of hydrogen-bond donors (Lipinski definition) is 1. The molecule has 0 aliphatic carbocycles. The first-order chi connectivity index (χ1) is 14.7. The highest BCUT2D eigenvalue weighted by atomic mass is 79.9. The number of amides is 1. The normalized spacial score (nSPS) is 10.9. The van der Waals surface area contributed by atoms with Crippen molar-refractivity contribution in [2.75, 3.05) is 18.5 Å². The molecule has 0 radical (unpaired) electrons. The van der Waals surface area contributed by atoms with Gasteiger partial charge in [0, 0.05) is 12.1 Å². The van der Waals surface area contributed by atoms with Gasteiger partial charge in [-0.2, -0.15) is 5.26 Å². The second kappa shape index (κ2) is 11.0. The molecule has 31 heavy (non-hydrogen) atoms. The van der Waals surface area contributed by atoms with E-state index in [2.05, 4.69) is 21.2 Å². The van der Waals surface area contributed by atoms with Crippen molar-refractivity contribution in [2.24, 2.45) is 0 Å². The summed E-state index contributed by atoms with van der Waals surface area (Å²) in [5, 5.41) is 22.5. The largest absolute Gasteiger partial charge is 0.490 e. The fourth-order valence-electron chi connectivity index (χ4n) is 2.50. The molecule has 0 atom stereocenters. The molecule has 0 unspecified atom stereocenters. The van der Waals surface area contributed by atoms with Gasteiger partial charge in [0.05, 0.1) is 38.3 Å². The molecule has 0 saturated heterocycles. The number of ether oxygens (including phenoxy) is 2. The Morgan fingerprint density at radius 2 is 1.84 bits per heavy atom. The van der Waals surface area contributed by atoms with Gasteiger partial charge >= 0.3 is 0 Å². The minimum atomic E-state index is -0.789. The van der Waals surface area contributed by atoms with Crippen molar-refractivity contribution in [2.45, 2.75) is 13.8 Å². The highest BCUT2D eigenvalue weighted by Gasteiger charge is 2.19. The number of anilines is 1. The molecule has 8 nitrogen and oxygen atoms in total. The van der Waals surface area contributed by atoms with Crippen LogP contribution in [0.4, 0.5) is 11.4 Å². The van der Waals surface area contributed by atoms with E-state index in [0.717, 1.165) is 12.1 Å². The van der Waals surface area contributed by atoms with Crippen LogP contribution in [0.5, 0.6) is 11.5 Å². The van der Waals surface area contributed by atoms with Gasteiger partial charge in [0.25, 0.3) is 11.6 Å². The smallest absolute Gasteiger partial charge is 0.272 e. The Bertz CT molecular complexity index is 1080. The average molecular weight is 529 g/mol. The van der Waals surface area contributed by atoms with E-state index < -0.39 is 10.8 Å². The third-order valence-corrected chi connectivity index (χ3v) is 4.96. The maximum atomic E-state index is 12.6. The lowest BCUT2D eigenvalue weighted by atomic mass is 10.1. The first kappa shape index (κ1) is 24.5. The number of carbonyl (C=O) groups is 1. The van der Waals surface area contributed by atoms with Gasteiger partial charge in [-0.1, -0.05) is 23.2 Å². The van der Waals surface area contributed by atoms with Crippen LogP contribution in [0.1, 0.15) is 19.4 Å². The van der Waals surface area contributed by atoms with Crippen molar-refractivity contribution >= 4 is 62.5 Å². The van der Waals surface area contributed by atoms with Gasteiger partial charge < -0.3 is 14.8 Å². The number of nitriles is 1. The molecular formula is C20H16BrCl2N3O5. The summed E-state index contributed by atoms with van der Waals surface area (Å²) in [6.07, 6.45) is 1.35. The zero-order valence-corrected chi connectivity index (χ0v) is 19.5. The van der Waals surface area contributed by atoms with Crippen LogP contribution >= 0.6 is 39.1 Å². The molecule has 2 aromatic carbocycles. The van der Waals surface area contributed by atoms with Crippen LogP contribution < -0.4 is 14.8 Å². The summed E-state index contributed by atoms with van der Waals surface area (Å²) in [6, 6.07) is 7.23. The van der Waals surface area contributed by atoms with E-state index in [4.69, 9.17) is 32.7 Å². The summed E-state index contributed by atoms with van der Waals surface area (Å²) < 4.78 is 11.7. The van der Waals surface area contributed by atoms with Crippen molar-refractivity contribution < 1.29 is 19.2 Å². The van der Waals surface area contributed by atoms with E-state index in [1.807, 2.05) is 19.9 Å². The molecule has 0 heterocycles. The van der Waals surface area contributed by atoms with Gasteiger partial charge in [-0.15, -0.1) is 0 Å². The SMILES string of the molecule is CCOc1cc(/C=C(\C#N)C(=O)Nc2c(Cl)cc([N+](=O)[O-])cc2Cl)cc(Br)c1OCC. The molecule has 162 valence electrons. The van der Waals surface area contributed by atoms with Crippen LogP contribution in [0, 0.1) is 21.4 Å². The van der Waals surface area contributed by atoms with Gasteiger partial charge in [0.1, 0.15) is 11.6 Å². The van der Waals surface area contributed by atoms with Crippen molar-refractivity contribution in [3.63, 3.8) is 0 Å². The minimum absolute atomic E-state index is 0.0389. The summed E-state index contributed by atoms with van der Waals surface area (Å²) in [6.45, 7) is 4.47. The van der Waals surface area contributed by atoms with Gasteiger partial charge in [-0.05, 0) is 53.5 Å². The van der Waals surface area contributed by atoms with Crippen LogP contribution in [0.2, 0.25) is 10.0 Å². The maximum absolute atomic E-state index is 12.6. The number of hydrogen-bond acceptors (Lipinski definition) is 6. The van der Waals surface area contributed by atoms with Gasteiger partial charge in [-0.3, -0.25) is 14.9 Å². The molecule has 0 bridgehead atoms. The third kappa shape index (κ3) is 6.10. The predicted octanol–water partition coefficient (Wildman–Crippen LogP) is 6.01. The second-order valence-corrected chi connectivity index (χ2v) is 7.53. The Hall–Kier alpha value is -2.80. The molecule has 0 fully saturated rings. The van der Waals surface area contributed by atoms with Crippen molar-refractivity contribution in [3.8, 4) is 17.6 Å². The Morgan fingerprint density at radius 1 is 1.23 bits per heavy atom. The number of rotatable bonds is 8. The van der Waals surface area contributed by atoms with E-state index in [0.29, 0.717) is 34.7 Å². The zero-order valence-electron chi connectivity index (χ0n) is 16.4. The quantitative estimate of drug-likeness (QED) is 0.194. The van der Waals surface area contributed by atoms with Gasteiger partial charge in [-0.25, -0.2) is 0 Å². The molecule has 0 spiro atoms. The number of nitrogens with zero attached hydrogens (tertiary/aromatic N) is 2. The number of non-ortho nitro benzene ring substituents is 1. The summed E-state index contributed by atoms with van der Waals surface area (Å²) in [7, 11) is 0. The fraction of sp³-hybridized carbons (Fsp3) is 0.200. The molecule has 2 aromatic rings. The number of halogens is 3. The monoisotopic (exact) mass is 527 g/mol. The summed E-state index contributed by atoms with van der Waals surface area (Å²) in [5.74, 6) is 0.168. The van der Waals surface area contributed by atoms with Crippen LogP contribution in [0.15, 0.2) is 34.3 Å². The Balaban J connectivity index is 2.39. The lowest BCUT2D eigenvalue weighted by Crippen LogP contribution is -2.14. The van der Waals surface area contributed by atoms with Crippen molar-refractivity contribution in [3.05, 3.63) is 60.0 Å². The van der Waals surface area contributed by atoms with Crippen LogP contribution in [0.25, 0.3) is 6.08 Å². The van der Waals surface area contributed by atoms with Crippen LogP contribution in [-0.2, 0) is 4.79 Å². The summed E-state index contributed by atoms with van der Waals surface area (Å²) in [4.78, 5) is 22.8. The molecular weight excluding hydrogens is 513 g/mol. The van der Waals surface area contributed by atoms with E-state index >= 15 is 0 Å². The highest BCUT2D eigenvalue weighted by molar-refractivity contribution is 9.10. The average Bonchev–Trinajstić information content (AvgIpc) is 2.71. The topological polar surface area (TPSA) is 114 Å². The summed E-state index contributed by atoms with van der Waals surface area (Å²) in [5.41, 5.74) is -0.106. The lowest BCUT2D eigenvalue weighted by molar-refractivity contribution is -0.384. The molecule has 1 amide bonds. The molecule has 0 aliphatic rings. The van der Waals surface area contributed by atoms with E-state index in [1.54, 1.807) is 12.1 Å². The van der Waals surface area contributed by atoms with Crippen LogP contribution in [0.3, 0.4) is 0 Å². The van der Waals surface area contributed by atoms with Crippen molar-refractivity contribution in [1.29, 1.82) is 5.26 Å². The standard InChI is InChI=1S/C20H16BrCl2N3O5/c1-3-30-17-7-11(6-14(21)19(17)31-4-2)5-12(10-24)20(27)25-18-15(22)8-13(26(28)29)9-16(18)23/h5-9H,3-4H2,1-2H3,(H,25,27)/b12-5+. The minimum Gasteiger partial charge on any atom is -0.490 e. The first-order valence-corrected chi connectivity index (χ1v) is 10.4. The molecule has 11 heteroatoms. The number of nitro benzene ring substituents is 1. The predicted molar refractivity (Wildman–Crippen MR) is 122 cm³/mol. The fourth-order valence-corrected chi connectivity index (χ4v) is 3.64. The Morgan fingerprint density at radius 3 is 2.35 bits per heavy atom. The Kier molecular flexibility index (Phi) is 8.68. The maximum Gasteiger partial charge on any atom is 0.272 e. The highest BCUT2D eigenvalue weighted by Crippen LogP contribution is 2.38. The van der Waals surface area contributed by atoms with Gasteiger partial charge in [0.2, 0.25) is 0 Å². The summed E-state index contributed by atoms with van der Waals surface area (Å²) >= 11 is 15.4. The number of benzene rings is 2. The van der Waals surface area contributed by atoms with Crippen molar-refractivity contribution in [1.82, 2.24) is 0 Å². The number of carbonyl (C=O) groups excluding carboxylic acids is 1.